The number of nitrogens with two attached hydrogens (primary N) is 1. The Morgan fingerprint density at radius 3 is 1.37 bits per heavy atom. The van der Waals surface area contributed by atoms with Crippen molar-refractivity contribution in [3.8, 4) is 5.75 Å². The number of aliphatic hydroxyl groups excluding tert-OH is 2. The van der Waals surface area contributed by atoms with Crippen molar-refractivity contribution in [1.29, 1.82) is 0 Å². The zero-order chi connectivity index (χ0) is 63.1. The van der Waals surface area contributed by atoms with Crippen LogP contribution in [0.2, 0.25) is 0 Å². The average molecular weight is 1190 g/mol. The number of nitrogens with one attached hydrogen (secondary N) is 5. The molecule has 27 nitrogen and oxygen atoms in total. The van der Waals surface area contributed by atoms with Crippen molar-refractivity contribution in [3.05, 3.63) is 34.4 Å². The van der Waals surface area contributed by atoms with Crippen LogP contribution in [-0.2, 0) is 47.7 Å². The quantitative estimate of drug-likeness (QED) is 0.0205. The molecule has 5 rings (SSSR count). The maximum Gasteiger partial charge on any atom is 0.412 e. The molecule has 472 valence electrons. The number of methoxy groups -OCH3 is 2. The third kappa shape index (κ3) is 19.3. The molecule has 9 N–H and O–H groups in total. The van der Waals surface area contributed by atoms with Crippen LogP contribution in [0.15, 0.2) is 24.3 Å². The Hall–Kier alpha value is -6.87. The lowest BCUT2D eigenvalue weighted by molar-refractivity contribution is -0.384. The summed E-state index contributed by atoms with van der Waals surface area (Å²) in [6.45, 7) is 19.4. The molecule has 0 spiro atoms. The van der Waals surface area contributed by atoms with E-state index in [1.165, 1.54) is 48.3 Å². The Balaban J connectivity index is 0.000000376. The van der Waals surface area contributed by atoms with Crippen LogP contribution in [0.25, 0.3) is 0 Å². The Morgan fingerprint density at radius 1 is 0.619 bits per heavy atom. The first-order chi connectivity index (χ1) is 39.3. The summed E-state index contributed by atoms with van der Waals surface area (Å²) in [5.74, 6) is -2.94. The highest BCUT2D eigenvalue weighted by Crippen LogP contribution is 2.66. The van der Waals surface area contributed by atoms with Crippen LogP contribution in [-0.4, -0.2) is 180 Å². The molecule has 27 heteroatoms. The van der Waals surface area contributed by atoms with Gasteiger partial charge < -0.3 is 76.0 Å². The van der Waals surface area contributed by atoms with Gasteiger partial charge >= 0.3 is 30.2 Å². The molecule has 4 aliphatic rings. The van der Waals surface area contributed by atoms with Crippen molar-refractivity contribution < 1.29 is 82.0 Å². The van der Waals surface area contributed by atoms with E-state index in [1.807, 2.05) is 13.8 Å². The number of unbranched alkanes of at least 4 members (excludes halogenated alkanes) is 2. The van der Waals surface area contributed by atoms with Crippen LogP contribution >= 0.6 is 0 Å². The van der Waals surface area contributed by atoms with E-state index in [0.29, 0.717) is 58.2 Å². The standard InChI is InChI=1S/C32H47N5O11.C25H44N4O7/c1-31(2,3)48-30(43)35-22(11-9-17-38)27(40)36-18-21-24(32(21,4)5)25(36)26(39)34-23(28(41)46-6)10-7-8-16-33-29(42)47-20-14-12-19(13-15-20)37(44)45;1-24(2,3)36-23(34)28-16(11-9-13-30)21(32)29-14-15-18(25(15,4)5)19(29)20(31)27-17(22(33)35-6)10-7-8-12-26/h12-15,21-25,38H,7-11,16-18H2,1-6H3,(H,33,42)(H,34,39)(H,35,43);15-19,30H,7-14,26H2,1-6H3,(H,27,31)(H,28,34)/t21?,22-,23?,24-,25-;15?,16-,17?,18-,19-/m00/s1. The normalized spacial score (nSPS) is 21.8. The molecule has 1 aromatic rings. The lowest BCUT2D eigenvalue weighted by Crippen LogP contribution is -2.57. The van der Waals surface area contributed by atoms with Gasteiger partial charge in [0, 0.05) is 45.0 Å². The van der Waals surface area contributed by atoms with E-state index in [2.05, 4.69) is 40.4 Å². The number of benzene rings is 1. The second-order valence-corrected chi connectivity index (χ2v) is 24.9. The molecule has 0 radical (unpaired) electrons. The van der Waals surface area contributed by atoms with Crippen LogP contribution in [0, 0.1) is 44.6 Å². The van der Waals surface area contributed by atoms with Crippen molar-refractivity contribution in [1.82, 2.24) is 36.4 Å². The average Bonchev–Trinajstić information content (AvgIpc) is 1.66. The number of likely N-dealkylation sites (tertiary alicyclic amines) is 2. The molecule has 0 aromatic heterocycles. The highest BCUT2D eigenvalue weighted by molar-refractivity contribution is 5.96. The van der Waals surface area contributed by atoms with Crippen molar-refractivity contribution in [2.24, 2.45) is 40.2 Å². The fourth-order valence-electron chi connectivity index (χ4n) is 11.3. The van der Waals surface area contributed by atoms with Crippen LogP contribution in [0.5, 0.6) is 5.75 Å². The minimum absolute atomic E-state index is 0.0469. The second-order valence-electron chi connectivity index (χ2n) is 24.9. The SMILES string of the molecule is COC(=O)C(CCCCN)NC(=O)[C@@H]1[C@@H]2C(CN1C(=O)[C@H](CCCO)NC(=O)OC(C)(C)C)C2(C)C.COC(=O)C(CCCCNC(=O)Oc1ccc([N+](=O)[O-])cc1)NC(=O)[C@@H]1[C@@H]2C(CN1C(=O)[C@H](CCCO)NC(=O)OC(C)(C)C)C2(C)C. The van der Waals surface area contributed by atoms with E-state index in [1.54, 1.807) is 41.5 Å². The van der Waals surface area contributed by atoms with Gasteiger partial charge in [0.05, 0.1) is 19.1 Å². The van der Waals surface area contributed by atoms with Gasteiger partial charge in [0.1, 0.15) is 53.2 Å². The van der Waals surface area contributed by atoms with Crippen molar-refractivity contribution in [3.63, 3.8) is 0 Å². The Bertz CT molecular complexity index is 2480. The molecular weight excluding hydrogens is 1100 g/mol. The van der Waals surface area contributed by atoms with Crippen molar-refractivity contribution in [2.45, 2.75) is 181 Å². The van der Waals surface area contributed by atoms with Crippen LogP contribution in [0.1, 0.15) is 133 Å². The lowest BCUT2D eigenvalue weighted by Gasteiger charge is -2.34. The van der Waals surface area contributed by atoms with Crippen molar-refractivity contribution in [2.75, 3.05) is 53.6 Å². The lowest BCUT2D eigenvalue weighted by atomic mass is 9.98. The number of ether oxygens (including phenoxy) is 5. The first kappa shape index (κ1) is 69.6. The Morgan fingerprint density at radius 2 is 1.01 bits per heavy atom. The fraction of sp³-hybridized carbons (Fsp3) is 0.737. The maximum atomic E-state index is 13.8. The van der Waals surface area contributed by atoms with Gasteiger partial charge in [-0.1, -0.05) is 27.7 Å². The second kappa shape index (κ2) is 30.3. The molecule has 0 bridgehead atoms. The molecule has 4 unspecified atom stereocenters. The van der Waals surface area contributed by atoms with Gasteiger partial charge in [0.2, 0.25) is 23.6 Å². The third-order valence-corrected chi connectivity index (χ3v) is 15.8. The zero-order valence-electron chi connectivity index (χ0n) is 50.7. The number of non-ortho nitro benzene ring substituents is 1. The van der Waals surface area contributed by atoms with Crippen molar-refractivity contribution >= 4 is 59.5 Å². The summed E-state index contributed by atoms with van der Waals surface area (Å²) in [6, 6.07) is -0.473. The van der Waals surface area contributed by atoms with Gasteiger partial charge in [-0.05, 0) is 159 Å². The number of hydrogen-bond donors (Lipinski definition) is 8. The predicted molar refractivity (Wildman–Crippen MR) is 303 cm³/mol. The topological polar surface area (TPSA) is 376 Å². The number of esters is 2. The number of fused-ring (bicyclic) bond motifs is 2. The summed E-state index contributed by atoms with van der Waals surface area (Å²) < 4.78 is 25.6. The number of aliphatic hydroxyl groups is 2. The van der Waals surface area contributed by atoms with Gasteiger partial charge in [-0.25, -0.2) is 24.0 Å². The smallest absolute Gasteiger partial charge is 0.412 e. The highest BCUT2D eigenvalue weighted by atomic mass is 16.6. The molecule has 10 atom stereocenters. The molecule has 4 fully saturated rings. The minimum atomic E-state index is -1.03. The van der Waals surface area contributed by atoms with E-state index in [0.717, 1.165) is 0 Å². The number of carbonyl (C=O) groups excluding carboxylic acids is 9. The van der Waals surface area contributed by atoms with E-state index in [9.17, 15) is 63.5 Å². The Labute approximate surface area is 491 Å². The number of rotatable bonds is 27. The first-order valence-corrected chi connectivity index (χ1v) is 28.8. The van der Waals surface area contributed by atoms with Gasteiger partial charge in [-0.15, -0.1) is 0 Å². The summed E-state index contributed by atoms with van der Waals surface area (Å²) in [6.07, 6.45) is 1.33. The van der Waals surface area contributed by atoms with E-state index in [-0.39, 0.29) is 91.4 Å². The number of nitrogens with zero attached hydrogens (tertiary/aromatic N) is 3. The van der Waals surface area contributed by atoms with Gasteiger partial charge in [-0.3, -0.25) is 29.3 Å². The highest BCUT2D eigenvalue weighted by Gasteiger charge is 2.71. The molecule has 1 aromatic carbocycles. The number of carbonyl (C=O) groups is 9. The number of piperidine rings is 2. The molecule has 84 heavy (non-hydrogen) atoms. The molecule has 2 aliphatic heterocycles. The van der Waals surface area contributed by atoms with Crippen LogP contribution in [0.3, 0.4) is 0 Å². The first-order valence-electron chi connectivity index (χ1n) is 28.8. The maximum absolute atomic E-state index is 13.8. The number of hydrogen-bond acceptors (Lipinski definition) is 19. The summed E-state index contributed by atoms with van der Waals surface area (Å²) in [5, 5.41) is 42.8. The van der Waals surface area contributed by atoms with Crippen LogP contribution < -0.4 is 37.1 Å². The number of nitro benzene ring substituents is 1. The fourth-order valence-corrected chi connectivity index (χ4v) is 11.3. The molecule has 2 aliphatic carbocycles. The molecule has 2 saturated heterocycles. The van der Waals surface area contributed by atoms with Crippen LogP contribution in [0.4, 0.5) is 20.1 Å². The van der Waals surface area contributed by atoms with Gasteiger partial charge in [-0.2, -0.15) is 0 Å². The Kier molecular flexibility index (Phi) is 25.1. The summed E-state index contributed by atoms with van der Waals surface area (Å²) >= 11 is 0. The summed E-state index contributed by atoms with van der Waals surface area (Å²) in [7, 11) is 2.47. The molecule has 2 heterocycles. The summed E-state index contributed by atoms with van der Waals surface area (Å²) in [4.78, 5) is 130. The molecular formula is C57H91N9O18. The molecule has 7 amide bonds. The van der Waals surface area contributed by atoms with E-state index >= 15 is 0 Å². The third-order valence-electron chi connectivity index (χ3n) is 15.8. The summed E-state index contributed by atoms with van der Waals surface area (Å²) in [5.41, 5.74) is 3.53. The van der Waals surface area contributed by atoms with E-state index < -0.39 is 106 Å². The molecule has 2 saturated carbocycles. The van der Waals surface area contributed by atoms with E-state index in [4.69, 9.17) is 29.4 Å². The zero-order valence-corrected chi connectivity index (χ0v) is 50.7. The monoisotopic (exact) mass is 1190 g/mol. The minimum Gasteiger partial charge on any atom is -0.467 e. The van der Waals surface area contributed by atoms with Gasteiger partial charge in [0.15, 0.2) is 0 Å². The predicted octanol–water partition coefficient (Wildman–Crippen LogP) is 3.58. The number of alkyl carbamates (subject to hydrolysis) is 2. The largest absolute Gasteiger partial charge is 0.467 e. The number of amides is 7. The van der Waals surface area contributed by atoms with Gasteiger partial charge in [0.25, 0.3) is 5.69 Å². The number of nitro groups is 1.